The van der Waals surface area contributed by atoms with Gasteiger partial charge in [-0.25, -0.2) is 14.6 Å². The fourth-order valence-electron chi connectivity index (χ4n) is 4.87. The summed E-state index contributed by atoms with van der Waals surface area (Å²) in [4.78, 5) is 22.0. The molecule has 0 amide bonds. The van der Waals surface area contributed by atoms with Gasteiger partial charge in [0.15, 0.2) is 0 Å². The summed E-state index contributed by atoms with van der Waals surface area (Å²) in [6.07, 6.45) is 6.59. The molecule has 6 heteroatoms. The van der Waals surface area contributed by atoms with Crippen molar-refractivity contribution in [2.24, 2.45) is 0 Å². The quantitative estimate of drug-likeness (QED) is 0.494. The molecule has 0 unspecified atom stereocenters. The third kappa shape index (κ3) is 4.00. The molecule has 0 saturated heterocycles. The van der Waals surface area contributed by atoms with Gasteiger partial charge in [-0.2, -0.15) is 5.10 Å². The number of hydrogen-bond donors (Lipinski definition) is 1. The Hall–Kier alpha value is -3.54. The molecule has 0 atom stereocenters. The van der Waals surface area contributed by atoms with Crippen molar-refractivity contribution in [3.63, 3.8) is 0 Å². The molecule has 6 nitrogen and oxygen atoms in total. The molecule has 1 saturated carbocycles. The lowest BCUT2D eigenvalue weighted by molar-refractivity contribution is 0.466. The van der Waals surface area contributed by atoms with E-state index in [1.54, 1.807) is 6.20 Å². The standard InChI is InChI=1S/C26H27N5O/c1-19-29-22(17-31-25(32)23-12-6-5-9-20(23)16-28-31)15-24(30-19)27-18-26(13-7-8-14-26)21-10-3-2-4-11-21/h2-6,9-12,15-16H,7-8,13-14,17-18H2,1H3,(H,27,29,30). The van der Waals surface area contributed by atoms with Crippen molar-refractivity contribution in [2.75, 3.05) is 11.9 Å². The van der Waals surface area contributed by atoms with Crippen LogP contribution in [0.25, 0.3) is 10.8 Å². The first-order valence-electron chi connectivity index (χ1n) is 11.2. The minimum Gasteiger partial charge on any atom is -0.369 e. The third-order valence-corrected chi connectivity index (χ3v) is 6.52. The number of anilines is 1. The predicted octanol–water partition coefficient (Wildman–Crippen LogP) is 4.47. The lowest BCUT2D eigenvalue weighted by atomic mass is 9.79. The van der Waals surface area contributed by atoms with Crippen molar-refractivity contribution in [3.8, 4) is 0 Å². The molecule has 2 aromatic heterocycles. The van der Waals surface area contributed by atoms with Crippen LogP contribution in [-0.4, -0.2) is 26.3 Å². The second kappa shape index (κ2) is 8.54. The minimum atomic E-state index is -0.108. The molecule has 0 aliphatic heterocycles. The fourth-order valence-corrected chi connectivity index (χ4v) is 4.87. The van der Waals surface area contributed by atoms with Crippen LogP contribution in [0, 0.1) is 6.92 Å². The van der Waals surface area contributed by atoms with Crippen molar-refractivity contribution in [2.45, 2.75) is 44.6 Å². The number of hydrogen-bond acceptors (Lipinski definition) is 5. The van der Waals surface area contributed by atoms with E-state index in [1.807, 2.05) is 37.3 Å². The Morgan fingerprint density at radius 2 is 1.75 bits per heavy atom. The highest BCUT2D eigenvalue weighted by molar-refractivity contribution is 5.80. The van der Waals surface area contributed by atoms with Crippen LogP contribution in [0.15, 0.2) is 71.7 Å². The van der Waals surface area contributed by atoms with Crippen LogP contribution in [-0.2, 0) is 12.0 Å². The Kier molecular flexibility index (Phi) is 5.43. The van der Waals surface area contributed by atoms with Crippen molar-refractivity contribution in [3.05, 3.63) is 94.3 Å². The summed E-state index contributed by atoms with van der Waals surface area (Å²) < 4.78 is 1.47. The minimum absolute atomic E-state index is 0.108. The number of aryl methyl sites for hydroxylation is 1. The van der Waals surface area contributed by atoms with Crippen molar-refractivity contribution in [1.82, 2.24) is 19.7 Å². The molecule has 1 aliphatic carbocycles. The van der Waals surface area contributed by atoms with E-state index in [9.17, 15) is 4.79 Å². The van der Waals surface area contributed by atoms with E-state index in [-0.39, 0.29) is 11.0 Å². The maximum Gasteiger partial charge on any atom is 0.274 e. The molecule has 1 aliphatic rings. The fraction of sp³-hybridized carbons (Fsp3) is 0.308. The van der Waals surface area contributed by atoms with E-state index >= 15 is 0 Å². The first kappa shape index (κ1) is 20.4. The summed E-state index contributed by atoms with van der Waals surface area (Å²) in [6.45, 7) is 3.03. The van der Waals surface area contributed by atoms with Gasteiger partial charge in [0, 0.05) is 23.4 Å². The Morgan fingerprint density at radius 3 is 2.56 bits per heavy atom. The van der Waals surface area contributed by atoms with Crippen LogP contribution < -0.4 is 10.9 Å². The van der Waals surface area contributed by atoms with Crippen LogP contribution >= 0.6 is 0 Å². The van der Waals surface area contributed by atoms with Gasteiger partial charge in [0.2, 0.25) is 0 Å². The molecule has 1 fully saturated rings. The summed E-state index contributed by atoms with van der Waals surface area (Å²) in [7, 11) is 0. The number of aromatic nitrogens is 4. The average molecular weight is 426 g/mol. The van der Waals surface area contributed by atoms with Gasteiger partial charge in [-0.05, 0) is 31.4 Å². The molecular weight excluding hydrogens is 398 g/mol. The predicted molar refractivity (Wildman–Crippen MR) is 127 cm³/mol. The van der Waals surface area contributed by atoms with Crippen LogP contribution in [0.5, 0.6) is 0 Å². The summed E-state index contributed by atoms with van der Waals surface area (Å²) in [5, 5.41) is 9.43. The highest BCUT2D eigenvalue weighted by Crippen LogP contribution is 2.41. The third-order valence-electron chi connectivity index (χ3n) is 6.52. The van der Waals surface area contributed by atoms with Crippen LogP contribution in [0.2, 0.25) is 0 Å². The van der Waals surface area contributed by atoms with Gasteiger partial charge in [0.25, 0.3) is 5.56 Å². The molecule has 162 valence electrons. The van der Waals surface area contributed by atoms with Gasteiger partial charge in [-0.15, -0.1) is 0 Å². The van der Waals surface area contributed by atoms with Crippen LogP contribution in [0.3, 0.4) is 0 Å². The van der Waals surface area contributed by atoms with E-state index in [0.29, 0.717) is 17.8 Å². The average Bonchev–Trinajstić information content (AvgIpc) is 3.30. The van der Waals surface area contributed by atoms with Gasteiger partial charge in [0.1, 0.15) is 11.6 Å². The number of rotatable bonds is 6. The lowest BCUT2D eigenvalue weighted by Gasteiger charge is -2.30. The monoisotopic (exact) mass is 425 g/mol. The second-order valence-corrected chi connectivity index (χ2v) is 8.69. The summed E-state index contributed by atoms with van der Waals surface area (Å²) in [5.74, 6) is 1.47. The first-order chi connectivity index (χ1) is 15.6. The lowest BCUT2D eigenvalue weighted by Crippen LogP contribution is -2.31. The highest BCUT2D eigenvalue weighted by atomic mass is 16.1. The molecule has 32 heavy (non-hydrogen) atoms. The van der Waals surface area contributed by atoms with Crippen molar-refractivity contribution < 1.29 is 0 Å². The van der Waals surface area contributed by atoms with Gasteiger partial charge in [0.05, 0.1) is 23.8 Å². The zero-order valence-corrected chi connectivity index (χ0v) is 18.3. The normalized spacial score (nSPS) is 15.2. The molecular formula is C26H27N5O. The van der Waals surface area contributed by atoms with E-state index in [4.69, 9.17) is 0 Å². The van der Waals surface area contributed by atoms with Crippen LogP contribution in [0.4, 0.5) is 5.82 Å². The highest BCUT2D eigenvalue weighted by Gasteiger charge is 2.35. The summed E-state index contributed by atoms with van der Waals surface area (Å²) in [6, 6.07) is 20.2. The Bertz CT molecular complexity index is 1290. The number of nitrogens with one attached hydrogen (secondary N) is 1. The van der Waals surface area contributed by atoms with Crippen molar-refractivity contribution >= 4 is 16.6 Å². The topological polar surface area (TPSA) is 72.7 Å². The molecule has 2 aromatic carbocycles. The second-order valence-electron chi connectivity index (χ2n) is 8.69. The molecule has 2 heterocycles. The van der Waals surface area contributed by atoms with Gasteiger partial charge in [-0.3, -0.25) is 4.79 Å². The Morgan fingerprint density at radius 1 is 1.00 bits per heavy atom. The SMILES string of the molecule is Cc1nc(Cn2ncc3ccccc3c2=O)cc(NCC2(c3ccccc3)CCCC2)n1. The van der Waals surface area contributed by atoms with Crippen molar-refractivity contribution in [1.29, 1.82) is 0 Å². The Labute approximate surface area is 187 Å². The zero-order valence-electron chi connectivity index (χ0n) is 18.3. The largest absolute Gasteiger partial charge is 0.369 e. The molecule has 1 N–H and O–H groups in total. The van der Waals surface area contributed by atoms with Gasteiger partial charge in [-0.1, -0.05) is 61.4 Å². The number of benzene rings is 2. The maximum atomic E-state index is 12.8. The number of nitrogens with zero attached hydrogens (tertiary/aromatic N) is 4. The Balaban J connectivity index is 1.39. The smallest absolute Gasteiger partial charge is 0.274 e. The van der Waals surface area contributed by atoms with E-state index in [0.717, 1.165) is 23.4 Å². The molecule has 0 radical (unpaired) electrons. The first-order valence-corrected chi connectivity index (χ1v) is 11.2. The molecule has 0 bridgehead atoms. The summed E-state index contributed by atoms with van der Waals surface area (Å²) >= 11 is 0. The van der Waals surface area contributed by atoms with Gasteiger partial charge < -0.3 is 5.32 Å². The van der Waals surface area contributed by atoms with E-state index < -0.39 is 0 Å². The van der Waals surface area contributed by atoms with Crippen LogP contribution in [0.1, 0.15) is 42.8 Å². The molecule has 0 spiro atoms. The van der Waals surface area contributed by atoms with E-state index in [2.05, 4.69) is 50.7 Å². The molecule has 5 rings (SSSR count). The van der Waals surface area contributed by atoms with E-state index in [1.165, 1.54) is 35.9 Å². The summed E-state index contributed by atoms with van der Waals surface area (Å²) in [5.41, 5.74) is 2.19. The maximum absolute atomic E-state index is 12.8. The molecule has 4 aromatic rings. The zero-order chi connectivity index (χ0) is 22.0. The van der Waals surface area contributed by atoms with Gasteiger partial charge >= 0.3 is 0 Å². The number of fused-ring (bicyclic) bond motifs is 1.